The summed E-state index contributed by atoms with van der Waals surface area (Å²) in [5.41, 5.74) is 1.19. The summed E-state index contributed by atoms with van der Waals surface area (Å²) in [4.78, 5) is 20.1. The molecule has 92 valence electrons. The van der Waals surface area contributed by atoms with Gasteiger partial charge in [0.15, 0.2) is 0 Å². The minimum absolute atomic E-state index is 0.235. The van der Waals surface area contributed by atoms with Crippen LogP contribution in [-0.2, 0) is 0 Å². The number of amides is 1. The van der Waals surface area contributed by atoms with E-state index < -0.39 is 0 Å². The molecule has 0 atom stereocenters. The molecule has 0 fully saturated rings. The lowest BCUT2D eigenvalue weighted by molar-refractivity contribution is 0.102. The number of hydrogen-bond acceptors (Lipinski definition) is 4. The Hall–Kier alpha value is -1.95. The van der Waals surface area contributed by atoms with Crippen LogP contribution in [0.1, 0.15) is 10.4 Å². The third-order valence-corrected chi connectivity index (χ3v) is 2.97. The van der Waals surface area contributed by atoms with Gasteiger partial charge in [0.1, 0.15) is 5.82 Å². The molecule has 0 radical (unpaired) electrons. The van der Waals surface area contributed by atoms with E-state index in [-0.39, 0.29) is 5.91 Å². The molecule has 0 aliphatic rings. The first-order chi connectivity index (χ1) is 8.72. The lowest BCUT2D eigenvalue weighted by atomic mass is 10.2. The molecule has 0 saturated heterocycles. The Labute approximate surface area is 113 Å². The zero-order valence-electron chi connectivity index (χ0n) is 9.64. The number of aromatic nitrogens is 2. The van der Waals surface area contributed by atoms with Crippen LogP contribution in [0, 0.1) is 0 Å². The Balaban J connectivity index is 2.25. The first-order valence-corrected chi connectivity index (χ1v) is 6.05. The van der Waals surface area contributed by atoms with Crippen LogP contribution < -0.4 is 10.6 Å². The van der Waals surface area contributed by atoms with Crippen molar-refractivity contribution in [3.63, 3.8) is 0 Å². The van der Waals surface area contributed by atoms with Crippen molar-refractivity contribution >= 4 is 33.3 Å². The molecule has 2 N–H and O–H groups in total. The van der Waals surface area contributed by atoms with Gasteiger partial charge in [-0.3, -0.25) is 9.78 Å². The van der Waals surface area contributed by atoms with Crippen LogP contribution in [-0.4, -0.2) is 22.9 Å². The van der Waals surface area contributed by atoms with E-state index in [4.69, 9.17) is 0 Å². The van der Waals surface area contributed by atoms with E-state index in [1.165, 1.54) is 0 Å². The molecule has 0 saturated carbocycles. The molecule has 0 aliphatic carbocycles. The summed E-state index contributed by atoms with van der Waals surface area (Å²) in [6.07, 6.45) is 4.79. The highest BCUT2D eigenvalue weighted by molar-refractivity contribution is 9.10. The van der Waals surface area contributed by atoms with Crippen molar-refractivity contribution in [1.82, 2.24) is 9.97 Å². The molecule has 6 heteroatoms. The third-order valence-electron chi connectivity index (χ3n) is 2.33. The zero-order chi connectivity index (χ0) is 13.0. The molecular formula is C12H11BrN4O. The molecule has 2 rings (SSSR count). The van der Waals surface area contributed by atoms with Crippen molar-refractivity contribution in [2.24, 2.45) is 0 Å². The Morgan fingerprint density at radius 3 is 2.89 bits per heavy atom. The van der Waals surface area contributed by atoms with Gasteiger partial charge in [-0.1, -0.05) is 0 Å². The van der Waals surface area contributed by atoms with Gasteiger partial charge in [-0.15, -0.1) is 0 Å². The summed E-state index contributed by atoms with van der Waals surface area (Å²) >= 11 is 3.33. The van der Waals surface area contributed by atoms with Crippen LogP contribution in [0.15, 0.2) is 41.3 Å². The van der Waals surface area contributed by atoms with Crippen LogP contribution in [0.5, 0.6) is 0 Å². The van der Waals surface area contributed by atoms with Crippen LogP contribution in [0.3, 0.4) is 0 Å². The molecule has 1 amide bonds. The predicted molar refractivity (Wildman–Crippen MR) is 73.7 cm³/mol. The van der Waals surface area contributed by atoms with Crippen molar-refractivity contribution in [2.75, 3.05) is 17.7 Å². The molecule has 2 aromatic rings. The van der Waals surface area contributed by atoms with Gasteiger partial charge in [0.25, 0.3) is 5.91 Å². The largest absolute Gasteiger partial charge is 0.386 e. The topological polar surface area (TPSA) is 66.9 Å². The molecule has 0 aromatic carbocycles. The molecule has 0 bridgehead atoms. The highest BCUT2D eigenvalue weighted by Gasteiger charge is 2.12. The third kappa shape index (κ3) is 2.65. The molecule has 2 heterocycles. The van der Waals surface area contributed by atoms with E-state index in [1.807, 2.05) is 6.07 Å². The standard InChI is InChI=1S/C12H11BrN4O/c1-14-10-7-15-6-4-8(10)12(18)17-11-9(13)3-2-5-16-11/h2-7,14H,1H3,(H,16,17,18). The van der Waals surface area contributed by atoms with Gasteiger partial charge < -0.3 is 10.6 Å². The zero-order valence-corrected chi connectivity index (χ0v) is 11.2. The average molecular weight is 307 g/mol. The van der Waals surface area contributed by atoms with Crippen molar-refractivity contribution < 1.29 is 4.79 Å². The highest BCUT2D eigenvalue weighted by atomic mass is 79.9. The minimum Gasteiger partial charge on any atom is -0.386 e. The Morgan fingerprint density at radius 1 is 1.33 bits per heavy atom. The van der Waals surface area contributed by atoms with E-state index in [0.29, 0.717) is 17.1 Å². The normalized spacial score (nSPS) is 9.89. The Bertz CT molecular complexity index is 574. The number of hydrogen-bond donors (Lipinski definition) is 2. The van der Waals surface area contributed by atoms with Crippen molar-refractivity contribution in [2.45, 2.75) is 0 Å². The summed E-state index contributed by atoms with van der Waals surface area (Å²) in [7, 11) is 1.74. The molecule has 2 aromatic heterocycles. The fraction of sp³-hybridized carbons (Fsp3) is 0.0833. The summed E-state index contributed by atoms with van der Waals surface area (Å²) in [6, 6.07) is 5.25. The van der Waals surface area contributed by atoms with Crippen LogP contribution >= 0.6 is 15.9 Å². The van der Waals surface area contributed by atoms with E-state index >= 15 is 0 Å². The SMILES string of the molecule is CNc1cnccc1C(=O)Nc1ncccc1Br. The smallest absolute Gasteiger partial charge is 0.259 e. The monoisotopic (exact) mass is 306 g/mol. The van der Waals surface area contributed by atoms with Gasteiger partial charge in [0.05, 0.1) is 21.9 Å². The first-order valence-electron chi connectivity index (χ1n) is 5.26. The number of rotatable bonds is 3. The fourth-order valence-electron chi connectivity index (χ4n) is 1.44. The van der Waals surface area contributed by atoms with Gasteiger partial charge in [0, 0.05) is 19.4 Å². The molecular weight excluding hydrogens is 296 g/mol. The number of carbonyl (C=O) groups is 1. The number of pyridine rings is 2. The maximum absolute atomic E-state index is 12.1. The number of halogens is 1. The van der Waals surface area contributed by atoms with Gasteiger partial charge >= 0.3 is 0 Å². The number of anilines is 2. The lowest BCUT2D eigenvalue weighted by Crippen LogP contribution is -2.15. The fourth-order valence-corrected chi connectivity index (χ4v) is 1.80. The van der Waals surface area contributed by atoms with Gasteiger partial charge in [-0.2, -0.15) is 0 Å². The van der Waals surface area contributed by atoms with Crippen molar-refractivity contribution in [1.29, 1.82) is 0 Å². The molecule has 0 aliphatic heterocycles. The van der Waals surface area contributed by atoms with Gasteiger partial charge in [-0.05, 0) is 34.1 Å². The van der Waals surface area contributed by atoms with Crippen LogP contribution in [0.25, 0.3) is 0 Å². The van der Waals surface area contributed by atoms with Gasteiger partial charge in [0.2, 0.25) is 0 Å². The van der Waals surface area contributed by atoms with E-state index in [2.05, 4.69) is 36.5 Å². The Kier molecular flexibility index (Phi) is 3.88. The number of carbonyl (C=O) groups excluding carboxylic acids is 1. The summed E-state index contributed by atoms with van der Waals surface area (Å²) in [5.74, 6) is 0.252. The molecule has 0 spiro atoms. The quantitative estimate of drug-likeness (QED) is 0.914. The minimum atomic E-state index is -0.235. The van der Waals surface area contributed by atoms with E-state index in [9.17, 15) is 4.79 Å². The van der Waals surface area contributed by atoms with Crippen molar-refractivity contribution in [3.8, 4) is 0 Å². The molecule has 18 heavy (non-hydrogen) atoms. The Morgan fingerprint density at radius 2 is 2.17 bits per heavy atom. The predicted octanol–water partition coefficient (Wildman–Crippen LogP) is 2.53. The molecule has 5 nitrogen and oxygen atoms in total. The average Bonchev–Trinajstić information content (AvgIpc) is 2.41. The summed E-state index contributed by atoms with van der Waals surface area (Å²) in [6.45, 7) is 0. The molecule has 0 unspecified atom stereocenters. The number of nitrogens with zero attached hydrogens (tertiary/aromatic N) is 2. The van der Waals surface area contributed by atoms with Gasteiger partial charge in [-0.25, -0.2) is 4.98 Å². The van der Waals surface area contributed by atoms with Crippen LogP contribution in [0.4, 0.5) is 11.5 Å². The van der Waals surface area contributed by atoms with E-state index in [0.717, 1.165) is 4.47 Å². The maximum atomic E-state index is 12.1. The van der Waals surface area contributed by atoms with Crippen LogP contribution in [0.2, 0.25) is 0 Å². The lowest BCUT2D eigenvalue weighted by Gasteiger charge is -2.09. The maximum Gasteiger partial charge on any atom is 0.259 e. The van der Waals surface area contributed by atoms with E-state index in [1.54, 1.807) is 37.8 Å². The second-order valence-corrected chi connectivity index (χ2v) is 4.31. The second kappa shape index (κ2) is 5.59. The second-order valence-electron chi connectivity index (χ2n) is 3.46. The summed E-state index contributed by atoms with van der Waals surface area (Å²) in [5, 5.41) is 5.66. The number of nitrogens with one attached hydrogen (secondary N) is 2. The highest BCUT2D eigenvalue weighted by Crippen LogP contribution is 2.20. The van der Waals surface area contributed by atoms with Crippen molar-refractivity contribution in [3.05, 3.63) is 46.8 Å². The summed E-state index contributed by atoms with van der Waals surface area (Å²) < 4.78 is 0.735. The first kappa shape index (κ1) is 12.5.